The zero-order valence-electron chi connectivity index (χ0n) is 14.3. The summed E-state index contributed by atoms with van der Waals surface area (Å²) in [5, 5.41) is 0.333. The van der Waals surface area contributed by atoms with E-state index in [0.717, 1.165) is 11.3 Å². The van der Waals surface area contributed by atoms with Crippen molar-refractivity contribution >= 4 is 12.2 Å². The number of pyridine rings is 1. The van der Waals surface area contributed by atoms with Crippen molar-refractivity contribution in [3.63, 3.8) is 0 Å². The molecule has 0 radical (unpaired) electrons. The van der Waals surface area contributed by atoms with Crippen LogP contribution in [0.25, 0.3) is 12.2 Å². The monoisotopic (exact) mass is 337 g/mol. The molecule has 0 fully saturated rings. The number of aromatic nitrogens is 5. The molecule has 25 heavy (non-hydrogen) atoms. The van der Waals surface area contributed by atoms with Crippen molar-refractivity contribution in [3.05, 3.63) is 79.2 Å². The third-order valence-electron chi connectivity index (χ3n) is 3.68. The lowest BCUT2D eigenvalue weighted by atomic mass is 9.90. The lowest BCUT2D eigenvalue weighted by molar-refractivity contribution is 0.571. The number of rotatable bonds is 2. The number of H-pyrrole nitrogens is 3. The molecule has 7 nitrogen and oxygen atoms in total. The van der Waals surface area contributed by atoms with Gasteiger partial charge in [0.2, 0.25) is 0 Å². The molecule has 3 heterocycles. The summed E-state index contributed by atoms with van der Waals surface area (Å²) in [6.45, 7) is 6.12. The molecule has 0 aromatic carbocycles. The molecule has 3 aromatic heterocycles. The van der Waals surface area contributed by atoms with Gasteiger partial charge in [-0.3, -0.25) is 14.6 Å². The highest BCUT2D eigenvalue weighted by molar-refractivity contribution is 5.48. The molecule has 0 aliphatic carbocycles. The Labute approximate surface area is 143 Å². The molecular weight excluding hydrogens is 318 g/mol. The van der Waals surface area contributed by atoms with Gasteiger partial charge in [0.25, 0.3) is 11.1 Å². The Hall–Kier alpha value is -3.22. The summed E-state index contributed by atoms with van der Waals surface area (Å²) < 4.78 is 0. The predicted molar refractivity (Wildman–Crippen MR) is 95.6 cm³/mol. The smallest absolute Gasteiger partial charge is 0.272 e. The fraction of sp³-hybridized carbons (Fsp3) is 0.222. The molecule has 128 valence electrons. The van der Waals surface area contributed by atoms with E-state index in [0.29, 0.717) is 5.69 Å². The minimum atomic E-state index is -0.391. The van der Waals surface area contributed by atoms with Crippen LogP contribution in [0.4, 0.5) is 0 Å². The van der Waals surface area contributed by atoms with Crippen molar-refractivity contribution in [3.8, 4) is 0 Å². The van der Waals surface area contributed by atoms with Gasteiger partial charge in [0.05, 0.1) is 12.0 Å². The highest BCUT2D eigenvalue weighted by Gasteiger charge is 2.19. The van der Waals surface area contributed by atoms with E-state index in [1.807, 2.05) is 20.8 Å². The first kappa shape index (κ1) is 16.6. The van der Waals surface area contributed by atoms with E-state index in [-0.39, 0.29) is 21.7 Å². The number of hydrogen-bond acceptors (Lipinski definition) is 4. The second kappa shape index (κ2) is 6.35. The zero-order valence-corrected chi connectivity index (χ0v) is 14.3. The maximum atomic E-state index is 12.3. The fourth-order valence-electron chi connectivity index (χ4n) is 2.48. The van der Waals surface area contributed by atoms with Crippen LogP contribution in [0, 0.1) is 0 Å². The first-order chi connectivity index (χ1) is 11.8. The van der Waals surface area contributed by atoms with Crippen molar-refractivity contribution in [2.45, 2.75) is 26.2 Å². The largest absolute Gasteiger partial charge is 0.348 e. The minimum absolute atomic E-state index is 0.158. The predicted octanol–water partition coefficient (Wildman–Crippen LogP) is 0.136. The van der Waals surface area contributed by atoms with E-state index in [9.17, 15) is 9.59 Å². The van der Waals surface area contributed by atoms with Gasteiger partial charge in [-0.2, -0.15) is 0 Å². The number of aromatic amines is 3. The minimum Gasteiger partial charge on any atom is -0.348 e. The SMILES string of the molecule is CC(C)(C)c1[nH]cnc1/C=c1\[nH]c(=O)/c(=C/c2cccnc2)[nH]c1=O. The summed E-state index contributed by atoms with van der Waals surface area (Å²) in [6, 6.07) is 3.55. The van der Waals surface area contributed by atoms with Gasteiger partial charge in [-0.15, -0.1) is 0 Å². The second-order valence-corrected chi connectivity index (χ2v) is 6.72. The molecular formula is C18H19N5O2. The van der Waals surface area contributed by atoms with Crippen LogP contribution in [0.5, 0.6) is 0 Å². The highest BCUT2D eigenvalue weighted by atomic mass is 16.1. The molecule has 0 unspecified atom stereocenters. The van der Waals surface area contributed by atoms with Gasteiger partial charge in [0.1, 0.15) is 10.7 Å². The Balaban J connectivity index is 2.14. The first-order valence-electron chi connectivity index (χ1n) is 7.84. The van der Waals surface area contributed by atoms with Crippen LogP contribution in [0.15, 0.2) is 40.4 Å². The lowest BCUT2D eigenvalue weighted by Gasteiger charge is -2.16. The molecule has 3 rings (SSSR count). The maximum Gasteiger partial charge on any atom is 0.272 e. The molecule has 0 amide bonds. The van der Waals surface area contributed by atoms with Gasteiger partial charge in [-0.1, -0.05) is 26.8 Å². The summed E-state index contributed by atoms with van der Waals surface area (Å²) >= 11 is 0. The number of imidazole rings is 1. The fourth-order valence-corrected chi connectivity index (χ4v) is 2.48. The second-order valence-electron chi connectivity index (χ2n) is 6.72. The van der Waals surface area contributed by atoms with Gasteiger partial charge in [-0.25, -0.2) is 4.98 Å². The van der Waals surface area contributed by atoms with E-state index in [4.69, 9.17) is 0 Å². The van der Waals surface area contributed by atoms with E-state index < -0.39 is 5.56 Å². The molecule has 0 bridgehead atoms. The van der Waals surface area contributed by atoms with Crippen LogP contribution < -0.4 is 21.8 Å². The molecule has 7 heteroatoms. The molecule has 0 saturated carbocycles. The average molecular weight is 337 g/mol. The van der Waals surface area contributed by atoms with Crippen LogP contribution in [0.2, 0.25) is 0 Å². The van der Waals surface area contributed by atoms with Crippen molar-refractivity contribution < 1.29 is 0 Å². The third-order valence-corrected chi connectivity index (χ3v) is 3.68. The normalized spacial score (nSPS) is 13.4. The van der Waals surface area contributed by atoms with Crippen molar-refractivity contribution in [2.75, 3.05) is 0 Å². The Bertz CT molecular complexity index is 1110. The Morgan fingerprint density at radius 3 is 2.32 bits per heavy atom. The molecule has 0 saturated heterocycles. The average Bonchev–Trinajstić information content (AvgIpc) is 3.02. The van der Waals surface area contributed by atoms with Crippen molar-refractivity contribution in [1.29, 1.82) is 0 Å². The number of hydrogen-bond donors (Lipinski definition) is 3. The topological polar surface area (TPSA) is 107 Å². The van der Waals surface area contributed by atoms with E-state index in [2.05, 4.69) is 24.9 Å². The Morgan fingerprint density at radius 2 is 1.72 bits per heavy atom. The van der Waals surface area contributed by atoms with E-state index in [1.54, 1.807) is 43.0 Å². The summed E-state index contributed by atoms with van der Waals surface area (Å²) in [6.07, 6.45) is 7.97. The van der Waals surface area contributed by atoms with Crippen molar-refractivity contribution in [1.82, 2.24) is 24.9 Å². The van der Waals surface area contributed by atoms with Gasteiger partial charge < -0.3 is 15.0 Å². The Morgan fingerprint density at radius 1 is 1.04 bits per heavy atom. The van der Waals surface area contributed by atoms with Gasteiger partial charge in [0.15, 0.2) is 0 Å². The molecule has 3 N–H and O–H groups in total. The van der Waals surface area contributed by atoms with Gasteiger partial charge in [-0.05, 0) is 23.8 Å². The summed E-state index contributed by atoms with van der Waals surface area (Å²) in [7, 11) is 0. The van der Waals surface area contributed by atoms with Crippen LogP contribution in [-0.2, 0) is 5.41 Å². The molecule has 3 aromatic rings. The van der Waals surface area contributed by atoms with Gasteiger partial charge >= 0.3 is 0 Å². The third kappa shape index (κ3) is 3.65. The summed E-state index contributed by atoms with van der Waals surface area (Å²) in [5.41, 5.74) is 1.29. The van der Waals surface area contributed by atoms with E-state index in [1.165, 1.54) is 0 Å². The maximum absolute atomic E-state index is 12.3. The first-order valence-corrected chi connectivity index (χ1v) is 7.84. The summed E-state index contributed by atoms with van der Waals surface area (Å²) in [4.78, 5) is 41.2. The van der Waals surface area contributed by atoms with E-state index >= 15 is 0 Å². The number of nitrogens with one attached hydrogen (secondary N) is 3. The lowest BCUT2D eigenvalue weighted by Crippen LogP contribution is -2.46. The Kier molecular flexibility index (Phi) is 4.22. The van der Waals surface area contributed by atoms with Crippen LogP contribution in [-0.4, -0.2) is 24.9 Å². The van der Waals surface area contributed by atoms with Crippen LogP contribution in [0.3, 0.4) is 0 Å². The zero-order chi connectivity index (χ0) is 18.0. The highest BCUT2D eigenvalue weighted by Crippen LogP contribution is 2.22. The molecule has 0 spiro atoms. The quantitative estimate of drug-likeness (QED) is 0.618. The standard InChI is InChI=1S/C18H19N5O2/c1-18(2,3)15-12(20-10-21-15)8-14-17(25)22-13(16(24)23-14)7-11-5-4-6-19-9-11/h4-10H,1-3H3,(H,20,21)(H,22,25)(H,23,24)/b13-7-,14-8-. The molecule has 0 aliphatic rings. The molecule has 0 atom stereocenters. The summed E-state index contributed by atoms with van der Waals surface area (Å²) in [5.74, 6) is 0. The van der Waals surface area contributed by atoms with Gasteiger partial charge in [0, 0.05) is 23.5 Å². The molecule has 0 aliphatic heterocycles. The van der Waals surface area contributed by atoms with Crippen LogP contribution in [0.1, 0.15) is 37.7 Å². The van der Waals surface area contributed by atoms with Crippen molar-refractivity contribution in [2.24, 2.45) is 0 Å². The van der Waals surface area contributed by atoms with Crippen LogP contribution >= 0.6 is 0 Å². The number of nitrogens with zero attached hydrogens (tertiary/aromatic N) is 2.